The number of imide groups is 1. The van der Waals surface area contributed by atoms with Crippen LogP contribution in [0, 0.1) is 0 Å². The molecule has 0 bridgehead atoms. The summed E-state index contributed by atoms with van der Waals surface area (Å²) in [5, 5.41) is 18.7. The molecule has 144 valence electrons. The second kappa shape index (κ2) is 7.38. The largest absolute Gasteiger partial charge is 0.392 e. The standard InChI is InChI=1S/C19H24N4O4/c24-14-6-13(8-20-9-14)21-7-11-1-2-15-12(5-11)10-23(19(15)27)16-3-4-17(25)22-18(16)26/h1-2,5,13-14,16,20-21,24H,3-4,6-10H2,(H,22,25,26)/t13-,14-,16?/m0/s1. The Balaban J connectivity index is 1.41. The molecule has 1 unspecified atom stereocenters. The van der Waals surface area contributed by atoms with Crippen molar-refractivity contribution >= 4 is 17.7 Å². The van der Waals surface area contributed by atoms with Crippen LogP contribution in [-0.2, 0) is 22.7 Å². The van der Waals surface area contributed by atoms with Gasteiger partial charge in [-0.25, -0.2) is 0 Å². The predicted octanol–water partition coefficient (Wildman–Crippen LogP) is -0.740. The Morgan fingerprint density at radius 3 is 2.85 bits per heavy atom. The van der Waals surface area contributed by atoms with Gasteiger partial charge in [-0.1, -0.05) is 12.1 Å². The summed E-state index contributed by atoms with van der Waals surface area (Å²) in [6.07, 6.45) is 1.03. The minimum atomic E-state index is -0.584. The average molecular weight is 372 g/mol. The lowest BCUT2D eigenvalue weighted by atomic mass is 10.0. The van der Waals surface area contributed by atoms with Crippen LogP contribution in [0.3, 0.4) is 0 Å². The summed E-state index contributed by atoms with van der Waals surface area (Å²) < 4.78 is 0. The monoisotopic (exact) mass is 372 g/mol. The van der Waals surface area contributed by atoms with E-state index >= 15 is 0 Å². The van der Waals surface area contributed by atoms with Crippen molar-refractivity contribution in [2.75, 3.05) is 13.1 Å². The average Bonchev–Trinajstić information content (AvgIpc) is 2.96. The Morgan fingerprint density at radius 1 is 1.22 bits per heavy atom. The van der Waals surface area contributed by atoms with Gasteiger partial charge in [0.1, 0.15) is 6.04 Å². The Morgan fingerprint density at radius 2 is 2.07 bits per heavy atom. The molecule has 3 heterocycles. The number of aliphatic hydroxyl groups excluding tert-OH is 1. The molecule has 3 atom stereocenters. The highest BCUT2D eigenvalue weighted by Crippen LogP contribution is 2.28. The van der Waals surface area contributed by atoms with Crippen LogP contribution in [0.5, 0.6) is 0 Å². The summed E-state index contributed by atoms with van der Waals surface area (Å²) in [4.78, 5) is 37.7. The number of carbonyl (C=O) groups excluding carboxylic acids is 3. The zero-order valence-electron chi connectivity index (χ0n) is 15.0. The number of piperidine rings is 2. The number of hydrogen-bond donors (Lipinski definition) is 4. The van der Waals surface area contributed by atoms with E-state index < -0.39 is 11.9 Å². The molecule has 2 saturated heterocycles. The van der Waals surface area contributed by atoms with E-state index in [1.54, 1.807) is 4.90 Å². The van der Waals surface area contributed by atoms with Crippen molar-refractivity contribution in [3.8, 4) is 0 Å². The maximum Gasteiger partial charge on any atom is 0.255 e. The molecule has 8 heteroatoms. The van der Waals surface area contributed by atoms with Gasteiger partial charge in [-0.15, -0.1) is 0 Å². The molecule has 3 amide bonds. The van der Waals surface area contributed by atoms with E-state index in [4.69, 9.17) is 0 Å². The number of carbonyl (C=O) groups is 3. The SMILES string of the molecule is O=C1CCC(N2Cc3cc(CN[C@@H]4CNC[C@@H](O)C4)ccc3C2=O)C(=O)N1. The zero-order valence-corrected chi connectivity index (χ0v) is 15.0. The molecular weight excluding hydrogens is 348 g/mol. The van der Waals surface area contributed by atoms with E-state index in [9.17, 15) is 19.5 Å². The minimum Gasteiger partial charge on any atom is -0.392 e. The fraction of sp³-hybridized carbons (Fsp3) is 0.526. The lowest BCUT2D eigenvalue weighted by molar-refractivity contribution is -0.136. The molecule has 4 N–H and O–H groups in total. The molecule has 0 radical (unpaired) electrons. The number of amides is 3. The van der Waals surface area contributed by atoms with E-state index in [0.29, 0.717) is 31.6 Å². The minimum absolute atomic E-state index is 0.154. The van der Waals surface area contributed by atoms with Crippen LogP contribution in [0.1, 0.15) is 40.7 Å². The zero-order chi connectivity index (χ0) is 19.0. The summed E-state index contributed by atoms with van der Waals surface area (Å²) in [6.45, 7) is 2.50. The molecule has 3 aliphatic rings. The van der Waals surface area contributed by atoms with Gasteiger partial charge < -0.3 is 20.6 Å². The van der Waals surface area contributed by atoms with Gasteiger partial charge in [0.2, 0.25) is 11.8 Å². The third-order valence-electron chi connectivity index (χ3n) is 5.51. The molecule has 0 aliphatic carbocycles. The molecule has 27 heavy (non-hydrogen) atoms. The van der Waals surface area contributed by atoms with Crippen molar-refractivity contribution in [3.05, 3.63) is 34.9 Å². The summed E-state index contributed by atoms with van der Waals surface area (Å²) >= 11 is 0. The van der Waals surface area contributed by atoms with Crippen molar-refractivity contribution in [2.45, 2.75) is 50.5 Å². The quantitative estimate of drug-likeness (QED) is 0.518. The summed E-state index contributed by atoms with van der Waals surface area (Å²) in [7, 11) is 0. The number of benzene rings is 1. The highest BCUT2D eigenvalue weighted by atomic mass is 16.3. The van der Waals surface area contributed by atoms with Crippen LogP contribution in [0.4, 0.5) is 0 Å². The van der Waals surface area contributed by atoms with Gasteiger partial charge >= 0.3 is 0 Å². The molecule has 1 aromatic carbocycles. The molecule has 0 saturated carbocycles. The number of fused-ring (bicyclic) bond motifs is 1. The fourth-order valence-electron chi connectivity index (χ4n) is 4.07. The third-order valence-corrected chi connectivity index (χ3v) is 5.51. The Bertz CT molecular complexity index is 781. The number of β-amino-alcohol motifs (C(OH)–C–C–N with tert-alkyl or cyclic N) is 1. The van der Waals surface area contributed by atoms with Crippen LogP contribution in [-0.4, -0.2) is 59.0 Å². The van der Waals surface area contributed by atoms with Gasteiger partial charge in [-0.2, -0.15) is 0 Å². The summed E-state index contributed by atoms with van der Waals surface area (Å²) in [5.41, 5.74) is 2.59. The third kappa shape index (κ3) is 3.73. The van der Waals surface area contributed by atoms with Gasteiger partial charge in [0.05, 0.1) is 6.10 Å². The van der Waals surface area contributed by atoms with E-state index in [1.165, 1.54) is 0 Å². The van der Waals surface area contributed by atoms with Gasteiger partial charge in [0, 0.05) is 44.2 Å². The lowest BCUT2D eigenvalue weighted by Crippen LogP contribution is -2.52. The van der Waals surface area contributed by atoms with E-state index in [-0.39, 0.29) is 30.4 Å². The first-order valence-electron chi connectivity index (χ1n) is 9.40. The van der Waals surface area contributed by atoms with Crippen LogP contribution < -0.4 is 16.0 Å². The molecule has 4 rings (SSSR count). The molecule has 0 aromatic heterocycles. The first-order chi connectivity index (χ1) is 13.0. The Kier molecular flexibility index (Phi) is 4.94. The van der Waals surface area contributed by atoms with Crippen molar-refractivity contribution < 1.29 is 19.5 Å². The number of nitrogens with one attached hydrogen (secondary N) is 3. The summed E-state index contributed by atoms with van der Waals surface area (Å²) in [6, 6.07) is 5.36. The van der Waals surface area contributed by atoms with E-state index in [0.717, 1.165) is 24.1 Å². The molecule has 3 aliphatic heterocycles. The first-order valence-corrected chi connectivity index (χ1v) is 9.40. The van der Waals surface area contributed by atoms with Crippen LogP contribution >= 0.6 is 0 Å². The van der Waals surface area contributed by atoms with Gasteiger partial charge in [0.15, 0.2) is 0 Å². The van der Waals surface area contributed by atoms with Crippen molar-refractivity contribution in [3.63, 3.8) is 0 Å². The molecule has 0 spiro atoms. The number of hydrogen-bond acceptors (Lipinski definition) is 6. The van der Waals surface area contributed by atoms with Crippen LogP contribution in [0.15, 0.2) is 18.2 Å². The van der Waals surface area contributed by atoms with Crippen molar-refractivity contribution in [1.29, 1.82) is 0 Å². The number of rotatable bonds is 4. The van der Waals surface area contributed by atoms with Crippen molar-refractivity contribution in [1.82, 2.24) is 20.9 Å². The topological polar surface area (TPSA) is 111 Å². The van der Waals surface area contributed by atoms with Crippen LogP contribution in [0.25, 0.3) is 0 Å². The van der Waals surface area contributed by atoms with Crippen LogP contribution in [0.2, 0.25) is 0 Å². The molecule has 2 fully saturated rings. The van der Waals surface area contributed by atoms with Gasteiger partial charge in [-0.05, 0) is 30.0 Å². The second-order valence-corrected chi connectivity index (χ2v) is 7.52. The Labute approximate surface area is 157 Å². The van der Waals surface area contributed by atoms with E-state index in [2.05, 4.69) is 16.0 Å². The number of nitrogens with zero attached hydrogens (tertiary/aromatic N) is 1. The highest BCUT2D eigenvalue weighted by molar-refractivity contribution is 6.05. The fourth-order valence-corrected chi connectivity index (χ4v) is 4.07. The predicted molar refractivity (Wildman–Crippen MR) is 96.6 cm³/mol. The molecular formula is C19H24N4O4. The number of aliphatic hydroxyl groups is 1. The van der Waals surface area contributed by atoms with Gasteiger partial charge in [0.25, 0.3) is 5.91 Å². The van der Waals surface area contributed by atoms with Gasteiger partial charge in [-0.3, -0.25) is 19.7 Å². The lowest BCUT2D eigenvalue weighted by Gasteiger charge is -2.29. The normalized spacial score (nSPS) is 28.3. The smallest absolute Gasteiger partial charge is 0.255 e. The molecule has 1 aromatic rings. The maximum atomic E-state index is 12.7. The van der Waals surface area contributed by atoms with E-state index in [1.807, 2.05) is 18.2 Å². The first kappa shape index (κ1) is 18.1. The second-order valence-electron chi connectivity index (χ2n) is 7.52. The summed E-state index contributed by atoms with van der Waals surface area (Å²) in [5.74, 6) is -0.827. The van der Waals surface area contributed by atoms with Crippen molar-refractivity contribution in [2.24, 2.45) is 0 Å². The maximum absolute atomic E-state index is 12.7. The highest BCUT2D eigenvalue weighted by Gasteiger charge is 2.39. The molecule has 8 nitrogen and oxygen atoms in total. The Hall–Kier alpha value is -2.29.